The van der Waals surface area contributed by atoms with Gasteiger partial charge in [0.2, 0.25) is 0 Å². The number of H-pyrrole nitrogens is 1. The maximum Gasteiger partial charge on any atom is 0.163 e. The van der Waals surface area contributed by atoms with Crippen LogP contribution in [0.4, 0.5) is 0 Å². The molecule has 1 N–H and O–H groups in total. The number of pyridine rings is 1. The van der Waals surface area contributed by atoms with Gasteiger partial charge in [-0.2, -0.15) is 10.2 Å². The van der Waals surface area contributed by atoms with E-state index in [1.54, 1.807) is 12.4 Å². The topological polar surface area (TPSA) is 76.7 Å². The highest BCUT2D eigenvalue weighted by atomic mass is 15.3. The Morgan fingerprint density at radius 1 is 1.06 bits per heavy atom. The molecule has 5 heterocycles. The molecule has 7 heteroatoms. The summed E-state index contributed by atoms with van der Waals surface area (Å²) in [6.45, 7) is 6.41. The summed E-state index contributed by atoms with van der Waals surface area (Å²) in [6.07, 6.45) is 13.9. The number of aromatic nitrogens is 7. The zero-order valence-electron chi connectivity index (χ0n) is 19.3. The van der Waals surface area contributed by atoms with Gasteiger partial charge in [0.25, 0.3) is 0 Å². The number of fused-ring (bicyclic) bond motifs is 3. The molecule has 0 unspecified atom stereocenters. The maximum absolute atomic E-state index is 5.13. The average Bonchev–Trinajstić information content (AvgIpc) is 3.33. The fourth-order valence-electron chi connectivity index (χ4n) is 5.14. The Kier molecular flexibility index (Phi) is 4.26. The molecular weight excluding hydrogens is 434 g/mol. The molecule has 7 rings (SSSR count). The first kappa shape index (κ1) is 19.9. The normalized spacial score (nSPS) is 12.9. The van der Waals surface area contributed by atoms with Crippen molar-refractivity contribution in [3.63, 3.8) is 0 Å². The molecule has 6 aromatic rings. The SMILES string of the molecule is C=C(CCC)n1cc2c(c1)C2c1ccnc2c(-c3cccc4[nH]ncc34)c(-c3ccncc3)nn12. The first-order valence-electron chi connectivity index (χ1n) is 11.8. The molecule has 1 aliphatic carbocycles. The van der Waals surface area contributed by atoms with Crippen molar-refractivity contribution in [3.8, 4) is 22.4 Å². The number of hydrogen-bond acceptors (Lipinski definition) is 4. The minimum atomic E-state index is 0.230. The summed E-state index contributed by atoms with van der Waals surface area (Å²) >= 11 is 0. The summed E-state index contributed by atoms with van der Waals surface area (Å²) in [4.78, 5) is 9.02. The molecule has 0 fully saturated rings. The molecule has 0 saturated carbocycles. The lowest BCUT2D eigenvalue weighted by Crippen LogP contribution is -2.01. The maximum atomic E-state index is 5.13. The van der Waals surface area contributed by atoms with Crippen LogP contribution in [0, 0.1) is 0 Å². The number of aromatic amines is 1. The van der Waals surface area contributed by atoms with Crippen molar-refractivity contribution in [2.45, 2.75) is 25.7 Å². The van der Waals surface area contributed by atoms with Crippen molar-refractivity contribution in [2.24, 2.45) is 0 Å². The zero-order valence-corrected chi connectivity index (χ0v) is 19.3. The van der Waals surface area contributed by atoms with Gasteiger partial charge in [0, 0.05) is 47.6 Å². The zero-order chi connectivity index (χ0) is 23.5. The van der Waals surface area contributed by atoms with E-state index in [2.05, 4.69) is 57.8 Å². The lowest BCUT2D eigenvalue weighted by molar-refractivity contribution is 0.847. The van der Waals surface area contributed by atoms with Crippen LogP contribution in [-0.2, 0) is 0 Å². The van der Waals surface area contributed by atoms with Crippen molar-refractivity contribution in [3.05, 3.63) is 97.0 Å². The Bertz CT molecular complexity index is 1710. The van der Waals surface area contributed by atoms with E-state index in [0.717, 1.165) is 63.2 Å². The van der Waals surface area contributed by atoms with Crippen molar-refractivity contribution in [1.82, 2.24) is 34.3 Å². The van der Waals surface area contributed by atoms with Crippen molar-refractivity contribution in [2.75, 3.05) is 0 Å². The largest absolute Gasteiger partial charge is 0.328 e. The Hall–Kier alpha value is -4.52. The Morgan fingerprint density at radius 3 is 2.69 bits per heavy atom. The molecule has 0 radical (unpaired) electrons. The lowest BCUT2D eigenvalue weighted by Gasteiger charge is -2.09. The number of nitrogens with zero attached hydrogens (tertiary/aromatic N) is 6. The van der Waals surface area contributed by atoms with E-state index in [9.17, 15) is 0 Å². The molecule has 0 saturated heterocycles. The molecule has 0 spiro atoms. The summed E-state index contributed by atoms with van der Waals surface area (Å²) in [5.74, 6) is 0.230. The molecule has 0 bridgehead atoms. The van der Waals surface area contributed by atoms with Crippen LogP contribution in [-0.4, -0.2) is 34.3 Å². The van der Waals surface area contributed by atoms with Gasteiger partial charge in [0.05, 0.1) is 28.9 Å². The highest BCUT2D eigenvalue weighted by Gasteiger charge is 2.39. The minimum absolute atomic E-state index is 0.230. The predicted octanol–water partition coefficient (Wildman–Crippen LogP) is 5.90. The molecular formula is C28H23N7. The van der Waals surface area contributed by atoms with Gasteiger partial charge < -0.3 is 4.57 Å². The molecule has 0 atom stereocenters. The lowest BCUT2D eigenvalue weighted by atomic mass is 9.99. The van der Waals surface area contributed by atoms with E-state index in [4.69, 9.17) is 10.1 Å². The molecule has 7 nitrogen and oxygen atoms in total. The number of benzene rings is 1. The molecule has 1 aliphatic rings. The van der Waals surface area contributed by atoms with E-state index in [1.165, 1.54) is 11.1 Å². The fourth-order valence-corrected chi connectivity index (χ4v) is 5.14. The van der Waals surface area contributed by atoms with Gasteiger partial charge in [-0.05, 0) is 47.4 Å². The van der Waals surface area contributed by atoms with Gasteiger partial charge in [-0.3, -0.25) is 10.1 Å². The monoisotopic (exact) mass is 457 g/mol. The third-order valence-electron chi connectivity index (χ3n) is 6.88. The van der Waals surface area contributed by atoms with Crippen LogP contribution in [0.1, 0.15) is 42.5 Å². The van der Waals surface area contributed by atoms with Crippen LogP contribution in [0.25, 0.3) is 44.6 Å². The van der Waals surface area contributed by atoms with Gasteiger partial charge in [-0.1, -0.05) is 32.1 Å². The number of allylic oxidation sites excluding steroid dienone is 1. The summed E-state index contributed by atoms with van der Waals surface area (Å²) < 4.78 is 4.18. The summed E-state index contributed by atoms with van der Waals surface area (Å²) in [7, 11) is 0. The summed E-state index contributed by atoms with van der Waals surface area (Å²) in [5.41, 5.74) is 10.7. The Balaban J connectivity index is 1.42. The molecule has 5 aromatic heterocycles. The number of rotatable bonds is 6. The van der Waals surface area contributed by atoms with E-state index < -0.39 is 0 Å². The van der Waals surface area contributed by atoms with Crippen LogP contribution < -0.4 is 0 Å². The standard InChI is InChI=1S/C28H23N7/c1-3-5-17(2)34-15-21-22(16-34)25(21)24-10-13-30-28-26(19-6-4-7-23-20(19)14-31-32-23)27(33-35(24)28)18-8-11-29-12-9-18/h4,6-16,25H,2-3,5H2,1H3,(H,31,32). The second kappa shape index (κ2) is 7.50. The van der Waals surface area contributed by atoms with Crippen LogP contribution in [0.15, 0.2) is 80.2 Å². The summed E-state index contributed by atoms with van der Waals surface area (Å²) in [5, 5.41) is 13.5. The second-order valence-corrected chi connectivity index (χ2v) is 9.03. The third-order valence-corrected chi connectivity index (χ3v) is 6.88. The second-order valence-electron chi connectivity index (χ2n) is 9.03. The fraction of sp³-hybridized carbons (Fsp3) is 0.143. The van der Waals surface area contributed by atoms with Crippen LogP contribution in [0.2, 0.25) is 0 Å². The van der Waals surface area contributed by atoms with Crippen molar-refractivity contribution in [1.29, 1.82) is 0 Å². The molecule has 1 aromatic carbocycles. The van der Waals surface area contributed by atoms with Gasteiger partial charge in [0.1, 0.15) is 5.69 Å². The Labute approximate surface area is 201 Å². The van der Waals surface area contributed by atoms with E-state index in [0.29, 0.717) is 0 Å². The van der Waals surface area contributed by atoms with Gasteiger partial charge in [-0.25, -0.2) is 9.50 Å². The smallest absolute Gasteiger partial charge is 0.163 e. The van der Waals surface area contributed by atoms with Gasteiger partial charge in [-0.15, -0.1) is 0 Å². The van der Waals surface area contributed by atoms with E-state index in [1.807, 2.05) is 41.2 Å². The summed E-state index contributed by atoms with van der Waals surface area (Å²) in [6, 6.07) is 12.3. The highest BCUT2D eigenvalue weighted by Crippen LogP contribution is 2.50. The third kappa shape index (κ3) is 2.98. The van der Waals surface area contributed by atoms with E-state index in [-0.39, 0.29) is 5.92 Å². The molecule has 0 amide bonds. The number of hydrogen-bond donors (Lipinski definition) is 1. The van der Waals surface area contributed by atoms with Crippen LogP contribution >= 0.6 is 0 Å². The quantitative estimate of drug-likeness (QED) is 0.337. The molecule has 0 aliphatic heterocycles. The predicted molar refractivity (Wildman–Crippen MR) is 137 cm³/mol. The van der Waals surface area contributed by atoms with Crippen LogP contribution in [0.3, 0.4) is 0 Å². The van der Waals surface area contributed by atoms with Crippen molar-refractivity contribution >= 4 is 22.2 Å². The van der Waals surface area contributed by atoms with Crippen molar-refractivity contribution < 1.29 is 0 Å². The Morgan fingerprint density at radius 2 is 1.89 bits per heavy atom. The number of nitrogens with one attached hydrogen (secondary N) is 1. The average molecular weight is 458 g/mol. The van der Waals surface area contributed by atoms with Gasteiger partial charge in [0.15, 0.2) is 5.65 Å². The van der Waals surface area contributed by atoms with Gasteiger partial charge >= 0.3 is 0 Å². The molecule has 35 heavy (non-hydrogen) atoms. The molecule has 170 valence electrons. The minimum Gasteiger partial charge on any atom is -0.328 e. The first-order valence-corrected chi connectivity index (χ1v) is 11.8. The van der Waals surface area contributed by atoms with E-state index >= 15 is 0 Å². The van der Waals surface area contributed by atoms with Crippen LogP contribution in [0.5, 0.6) is 0 Å². The first-order chi connectivity index (χ1) is 17.2. The highest BCUT2D eigenvalue weighted by molar-refractivity contribution is 6.02.